The lowest BCUT2D eigenvalue weighted by molar-refractivity contribution is -0.118. The van der Waals surface area contributed by atoms with E-state index in [0.29, 0.717) is 13.0 Å². The molecule has 2 nitrogen and oxygen atoms in total. The number of carbonyl (C=O) groups excluding carboxylic acids is 1. The van der Waals surface area contributed by atoms with Gasteiger partial charge in [-0.05, 0) is 30.2 Å². The van der Waals surface area contributed by atoms with Crippen LogP contribution in [0.5, 0.6) is 0 Å². The standard InChI is InChI=1S/C22H21NO/c1-18-12-14-19(15-13-18)16-22(24)23(21-10-6-3-7-11-21)17-20-8-4-2-5-9-20/h2-15H,16-17H2,1H3. The first-order valence-electron chi connectivity index (χ1n) is 8.17. The number of aryl methyl sites for hydroxylation is 1. The third-order valence-corrected chi connectivity index (χ3v) is 4.03. The largest absolute Gasteiger partial charge is 0.308 e. The number of hydrogen-bond acceptors (Lipinski definition) is 1. The third-order valence-electron chi connectivity index (χ3n) is 4.03. The second-order valence-corrected chi connectivity index (χ2v) is 5.96. The fourth-order valence-corrected chi connectivity index (χ4v) is 2.67. The first-order chi connectivity index (χ1) is 11.7. The van der Waals surface area contributed by atoms with E-state index in [1.54, 1.807) is 0 Å². The topological polar surface area (TPSA) is 20.3 Å². The summed E-state index contributed by atoms with van der Waals surface area (Å²) in [6.45, 7) is 2.63. The maximum atomic E-state index is 12.9. The Morgan fingerprint density at radius 2 is 1.33 bits per heavy atom. The van der Waals surface area contributed by atoms with Crippen molar-refractivity contribution in [3.63, 3.8) is 0 Å². The smallest absolute Gasteiger partial charge is 0.231 e. The van der Waals surface area contributed by atoms with E-state index in [1.807, 2.05) is 77.7 Å². The molecular formula is C22H21NO. The molecule has 0 aromatic heterocycles. The summed E-state index contributed by atoms with van der Waals surface area (Å²) in [7, 11) is 0. The number of amides is 1. The summed E-state index contributed by atoms with van der Waals surface area (Å²) in [5, 5.41) is 0. The van der Waals surface area contributed by atoms with Gasteiger partial charge in [-0.25, -0.2) is 0 Å². The second-order valence-electron chi connectivity index (χ2n) is 5.96. The van der Waals surface area contributed by atoms with Gasteiger partial charge in [0, 0.05) is 5.69 Å². The average Bonchev–Trinajstić information content (AvgIpc) is 2.63. The molecule has 0 atom stereocenters. The van der Waals surface area contributed by atoms with Crippen molar-refractivity contribution in [1.29, 1.82) is 0 Å². The molecule has 0 fully saturated rings. The molecule has 0 saturated heterocycles. The van der Waals surface area contributed by atoms with Gasteiger partial charge < -0.3 is 4.90 Å². The monoisotopic (exact) mass is 315 g/mol. The van der Waals surface area contributed by atoms with Crippen LogP contribution < -0.4 is 4.90 Å². The summed E-state index contributed by atoms with van der Waals surface area (Å²) < 4.78 is 0. The number of anilines is 1. The molecule has 1 amide bonds. The third kappa shape index (κ3) is 4.11. The zero-order valence-corrected chi connectivity index (χ0v) is 13.9. The van der Waals surface area contributed by atoms with Gasteiger partial charge in [0.05, 0.1) is 13.0 Å². The first-order valence-corrected chi connectivity index (χ1v) is 8.17. The minimum atomic E-state index is 0.105. The van der Waals surface area contributed by atoms with E-state index in [1.165, 1.54) is 5.56 Å². The van der Waals surface area contributed by atoms with Crippen LogP contribution in [0.4, 0.5) is 5.69 Å². The molecule has 0 aliphatic carbocycles. The molecule has 24 heavy (non-hydrogen) atoms. The van der Waals surface area contributed by atoms with Crippen molar-refractivity contribution in [2.24, 2.45) is 0 Å². The van der Waals surface area contributed by atoms with Gasteiger partial charge in [-0.1, -0.05) is 78.4 Å². The Hall–Kier alpha value is -2.87. The Morgan fingerprint density at radius 1 is 0.750 bits per heavy atom. The number of carbonyl (C=O) groups is 1. The Kier molecular flexibility index (Phi) is 5.07. The highest BCUT2D eigenvalue weighted by Crippen LogP contribution is 2.18. The summed E-state index contributed by atoms with van der Waals surface area (Å²) in [5.74, 6) is 0.105. The quantitative estimate of drug-likeness (QED) is 0.664. The van der Waals surface area contributed by atoms with E-state index < -0.39 is 0 Å². The highest BCUT2D eigenvalue weighted by Gasteiger charge is 2.16. The number of benzene rings is 3. The molecular weight excluding hydrogens is 294 g/mol. The van der Waals surface area contributed by atoms with Crippen LogP contribution in [0.2, 0.25) is 0 Å². The number of nitrogens with zero attached hydrogens (tertiary/aromatic N) is 1. The van der Waals surface area contributed by atoms with Crippen LogP contribution in [0.1, 0.15) is 16.7 Å². The maximum Gasteiger partial charge on any atom is 0.231 e. The van der Waals surface area contributed by atoms with E-state index in [9.17, 15) is 4.79 Å². The van der Waals surface area contributed by atoms with Crippen molar-refractivity contribution in [3.05, 3.63) is 102 Å². The fraction of sp³-hybridized carbons (Fsp3) is 0.136. The van der Waals surface area contributed by atoms with Gasteiger partial charge in [0.1, 0.15) is 0 Å². The molecule has 0 aliphatic heterocycles. The average molecular weight is 315 g/mol. The summed E-state index contributed by atoms with van der Waals surface area (Å²) in [6, 6.07) is 28.1. The number of para-hydroxylation sites is 1. The normalized spacial score (nSPS) is 10.4. The van der Waals surface area contributed by atoms with Gasteiger partial charge in [-0.15, -0.1) is 0 Å². The summed E-state index contributed by atoms with van der Waals surface area (Å²) in [4.78, 5) is 14.8. The van der Waals surface area contributed by atoms with Gasteiger partial charge in [0.2, 0.25) is 5.91 Å². The van der Waals surface area contributed by atoms with Crippen LogP contribution >= 0.6 is 0 Å². The minimum Gasteiger partial charge on any atom is -0.308 e. The molecule has 0 unspecified atom stereocenters. The fourth-order valence-electron chi connectivity index (χ4n) is 2.67. The number of rotatable bonds is 5. The minimum absolute atomic E-state index is 0.105. The lowest BCUT2D eigenvalue weighted by Gasteiger charge is -2.23. The molecule has 0 radical (unpaired) electrons. The molecule has 0 saturated carbocycles. The number of hydrogen-bond donors (Lipinski definition) is 0. The van der Waals surface area contributed by atoms with Crippen LogP contribution in [0.3, 0.4) is 0 Å². The van der Waals surface area contributed by atoms with E-state index in [0.717, 1.165) is 16.8 Å². The van der Waals surface area contributed by atoms with Gasteiger partial charge in [-0.2, -0.15) is 0 Å². The van der Waals surface area contributed by atoms with Crippen LogP contribution in [-0.4, -0.2) is 5.91 Å². The second kappa shape index (κ2) is 7.60. The van der Waals surface area contributed by atoms with Crippen molar-refractivity contribution < 1.29 is 4.79 Å². The highest BCUT2D eigenvalue weighted by molar-refractivity contribution is 5.94. The van der Waals surface area contributed by atoms with E-state index in [4.69, 9.17) is 0 Å². The van der Waals surface area contributed by atoms with Gasteiger partial charge in [0.25, 0.3) is 0 Å². The molecule has 2 heteroatoms. The van der Waals surface area contributed by atoms with E-state index in [-0.39, 0.29) is 5.91 Å². The van der Waals surface area contributed by atoms with Gasteiger partial charge in [0.15, 0.2) is 0 Å². The molecule has 0 heterocycles. The van der Waals surface area contributed by atoms with Crippen LogP contribution in [0, 0.1) is 6.92 Å². The summed E-state index contributed by atoms with van der Waals surface area (Å²) in [5.41, 5.74) is 4.30. The Bertz CT molecular complexity index is 779. The van der Waals surface area contributed by atoms with E-state index in [2.05, 4.69) is 19.1 Å². The highest BCUT2D eigenvalue weighted by atomic mass is 16.2. The van der Waals surface area contributed by atoms with Crippen molar-refractivity contribution in [2.75, 3.05) is 4.90 Å². The zero-order valence-electron chi connectivity index (χ0n) is 13.9. The van der Waals surface area contributed by atoms with Crippen LogP contribution in [0.15, 0.2) is 84.9 Å². The zero-order chi connectivity index (χ0) is 16.8. The maximum absolute atomic E-state index is 12.9. The summed E-state index contributed by atoms with van der Waals surface area (Å²) in [6.07, 6.45) is 0.405. The van der Waals surface area contributed by atoms with E-state index >= 15 is 0 Å². The molecule has 3 aromatic rings. The predicted octanol–water partition coefficient (Wildman–Crippen LogP) is 4.77. The lowest BCUT2D eigenvalue weighted by atomic mass is 10.1. The Labute approximate surface area is 143 Å². The molecule has 0 N–H and O–H groups in total. The molecule has 120 valence electrons. The lowest BCUT2D eigenvalue weighted by Crippen LogP contribution is -2.31. The SMILES string of the molecule is Cc1ccc(CC(=O)N(Cc2ccccc2)c2ccccc2)cc1. The van der Waals surface area contributed by atoms with Gasteiger partial charge in [-0.3, -0.25) is 4.79 Å². The first kappa shape index (κ1) is 16.0. The Balaban J connectivity index is 1.83. The predicted molar refractivity (Wildman–Crippen MR) is 99.0 cm³/mol. The molecule has 3 aromatic carbocycles. The molecule has 0 spiro atoms. The molecule has 0 bridgehead atoms. The van der Waals surface area contributed by atoms with Gasteiger partial charge >= 0.3 is 0 Å². The van der Waals surface area contributed by atoms with Crippen molar-refractivity contribution in [1.82, 2.24) is 0 Å². The Morgan fingerprint density at radius 3 is 1.96 bits per heavy atom. The summed E-state index contributed by atoms with van der Waals surface area (Å²) >= 11 is 0. The molecule has 3 rings (SSSR count). The van der Waals surface area contributed by atoms with Crippen molar-refractivity contribution in [2.45, 2.75) is 19.9 Å². The van der Waals surface area contributed by atoms with Crippen molar-refractivity contribution >= 4 is 11.6 Å². The molecule has 0 aliphatic rings. The van der Waals surface area contributed by atoms with Crippen LogP contribution in [0.25, 0.3) is 0 Å². The van der Waals surface area contributed by atoms with Crippen LogP contribution in [-0.2, 0) is 17.8 Å². The van der Waals surface area contributed by atoms with Crippen molar-refractivity contribution in [3.8, 4) is 0 Å².